The zero-order chi connectivity index (χ0) is 13.5. The van der Waals surface area contributed by atoms with Crippen LogP contribution >= 0.6 is 11.6 Å². The second-order valence-corrected chi connectivity index (χ2v) is 4.60. The molecule has 0 fully saturated rings. The van der Waals surface area contributed by atoms with E-state index in [2.05, 4.69) is 6.07 Å². The van der Waals surface area contributed by atoms with E-state index in [0.29, 0.717) is 25.5 Å². The van der Waals surface area contributed by atoms with Crippen molar-refractivity contribution >= 4 is 17.5 Å². The second-order valence-electron chi connectivity index (χ2n) is 4.22. The van der Waals surface area contributed by atoms with E-state index in [4.69, 9.17) is 16.3 Å². The van der Waals surface area contributed by atoms with Crippen LogP contribution in [0.5, 0.6) is 5.75 Å². The van der Waals surface area contributed by atoms with E-state index in [1.165, 1.54) is 0 Å². The highest BCUT2D eigenvalue weighted by molar-refractivity contribution is 6.18. The third-order valence-electron chi connectivity index (χ3n) is 2.69. The van der Waals surface area contributed by atoms with Crippen molar-refractivity contribution in [1.82, 2.24) is 4.90 Å². The monoisotopic (exact) mass is 269 g/mol. The molecule has 0 heterocycles. The SMILES string of the molecule is CCOc1ccc(CN(C)C(=O)CCCl)cc1C. The summed E-state index contributed by atoms with van der Waals surface area (Å²) in [6.07, 6.45) is 0.383. The van der Waals surface area contributed by atoms with Crippen molar-refractivity contribution in [2.24, 2.45) is 0 Å². The fraction of sp³-hybridized carbons (Fsp3) is 0.500. The third kappa shape index (κ3) is 4.22. The van der Waals surface area contributed by atoms with E-state index in [0.717, 1.165) is 16.9 Å². The second kappa shape index (κ2) is 7.27. The minimum Gasteiger partial charge on any atom is -0.494 e. The standard InChI is InChI=1S/C14H20ClNO2/c1-4-18-13-6-5-12(9-11(13)2)10-16(3)14(17)7-8-15/h5-6,9H,4,7-8,10H2,1-3H3. The number of amides is 1. The van der Waals surface area contributed by atoms with E-state index in [-0.39, 0.29) is 5.91 Å². The molecule has 1 aromatic carbocycles. The molecule has 1 rings (SSSR count). The highest BCUT2D eigenvalue weighted by Gasteiger charge is 2.09. The minimum atomic E-state index is 0.0662. The zero-order valence-corrected chi connectivity index (χ0v) is 12.0. The number of ether oxygens (including phenoxy) is 1. The highest BCUT2D eigenvalue weighted by atomic mass is 35.5. The van der Waals surface area contributed by atoms with Crippen molar-refractivity contribution < 1.29 is 9.53 Å². The van der Waals surface area contributed by atoms with Crippen molar-refractivity contribution in [3.8, 4) is 5.75 Å². The first-order valence-electron chi connectivity index (χ1n) is 6.10. The Hall–Kier alpha value is -1.22. The van der Waals surface area contributed by atoms with Crippen molar-refractivity contribution in [2.75, 3.05) is 19.5 Å². The van der Waals surface area contributed by atoms with Crippen molar-refractivity contribution in [1.29, 1.82) is 0 Å². The Bertz CT molecular complexity index is 407. The molecule has 0 N–H and O–H groups in total. The maximum atomic E-state index is 11.6. The number of hydrogen-bond donors (Lipinski definition) is 0. The van der Waals surface area contributed by atoms with Crippen molar-refractivity contribution in [3.63, 3.8) is 0 Å². The molecule has 100 valence electrons. The number of hydrogen-bond acceptors (Lipinski definition) is 2. The number of carbonyl (C=O) groups excluding carboxylic acids is 1. The predicted octanol–water partition coefficient (Wildman–Crippen LogP) is 2.98. The molecule has 0 unspecified atom stereocenters. The molecule has 0 saturated heterocycles. The normalized spacial score (nSPS) is 10.2. The molecule has 0 radical (unpaired) electrons. The van der Waals surface area contributed by atoms with Gasteiger partial charge in [0.1, 0.15) is 5.75 Å². The number of rotatable bonds is 6. The van der Waals surface area contributed by atoms with Gasteiger partial charge < -0.3 is 9.64 Å². The first-order valence-corrected chi connectivity index (χ1v) is 6.64. The topological polar surface area (TPSA) is 29.5 Å². The Labute approximate surface area is 114 Å². The van der Waals surface area contributed by atoms with Gasteiger partial charge in [-0.05, 0) is 31.0 Å². The van der Waals surface area contributed by atoms with Gasteiger partial charge in [-0.2, -0.15) is 0 Å². The first-order chi connectivity index (χ1) is 8.58. The lowest BCUT2D eigenvalue weighted by molar-refractivity contribution is -0.129. The molecule has 1 aromatic rings. The Morgan fingerprint density at radius 1 is 1.44 bits per heavy atom. The molecule has 0 atom stereocenters. The molecule has 0 saturated carbocycles. The summed E-state index contributed by atoms with van der Waals surface area (Å²) in [6, 6.07) is 5.99. The largest absolute Gasteiger partial charge is 0.494 e. The Balaban J connectivity index is 2.68. The Kier molecular flexibility index (Phi) is 5.99. The lowest BCUT2D eigenvalue weighted by Crippen LogP contribution is -2.26. The van der Waals surface area contributed by atoms with Crippen LogP contribution in [0.15, 0.2) is 18.2 Å². The summed E-state index contributed by atoms with van der Waals surface area (Å²) < 4.78 is 5.48. The van der Waals surface area contributed by atoms with Gasteiger partial charge in [0.2, 0.25) is 5.91 Å². The van der Waals surface area contributed by atoms with Crippen LogP contribution in [0.25, 0.3) is 0 Å². The molecule has 0 aromatic heterocycles. The van der Waals surface area contributed by atoms with Gasteiger partial charge in [-0.25, -0.2) is 0 Å². The van der Waals surface area contributed by atoms with Gasteiger partial charge in [-0.15, -0.1) is 11.6 Å². The molecule has 1 amide bonds. The number of carbonyl (C=O) groups is 1. The zero-order valence-electron chi connectivity index (χ0n) is 11.2. The molecule has 0 aliphatic rings. The van der Waals surface area contributed by atoms with Gasteiger partial charge in [0.25, 0.3) is 0 Å². The molecule has 3 nitrogen and oxygen atoms in total. The van der Waals surface area contributed by atoms with E-state index in [9.17, 15) is 4.79 Å². The van der Waals surface area contributed by atoms with Crippen LogP contribution in [-0.2, 0) is 11.3 Å². The van der Waals surface area contributed by atoms with Crippen LogP contribution < -0.4 is 4.74 Å². The maximum absolute atomic E-state index is 11.6. The fourth-order valence-electron chi connectivity index (χ4n) is 1.76. The average molecular weight is 270 g/mol. The van der Waals surface area contributed by atoms with Gasteiger partial charge in [0, 0.05) is 25.9 Å². The van der Waals surface area contributed by atoms with E-state index in [1.807, 2.05) is 26.0 Å². The summed E-state index contributed by atoms with van der Waals surface area (Å²) in [7, 11) is 1.79. The number of halogens is 1. The summed E-state index contributed by atoms with van der Waals surface area (Å²) in [5, 5.41) is 0. The molecule has 18 heavy (non-hydrogen) atoms. The van der Waals surface area contributed by atoms with Crippen LogP contribution in [0.3, 0.4) is 0 Å². The summed E-state index contributed by atoms with van der Waals surface area (Å²) >= 11 is 5.56. The molecule has 0 bridgehead atoms. The van der Waals surface area contributed by atoms with Crippen molar-refractivity contribution in [3.05, 3.63) is 29.3 Å². The minimum absolute atomic E-state index is 0.0662. The van der Waals surface area contributed by atoms with Gasteiger partial charge in [0.15, 0.2) is 0 Å². The Morgan fingerprint density at radius 2 is 2.17 bits per heavy atom. The predicted molar refractivity (Wildman–Crippen MR) is 74.2 cm³/mol. The van der Waals surface area contributed by atoms with Crippen LogP contribution in [0.1, 0.15) is 24.5 Å². The van der Waals surface area contributed by atoms with Crippen LogP contribution in [0.4, 0.5) is 0 Å². The lowest BCUT2D eigenvalue weighted by atomic mass is 10.1. The van der Waals surface area contributed by atoms with Gasteiger partial charge in [-0.1, -0.05) is 12.1 Å². The van der Waals surface area contributed by atoms with Gasteiger partial charge in [0.05, 0.1) is 6.61 Å². The fourth-order valence-corrected chi connectivity index (χ4v) is 1.92. The number of aryl methyl sites for hydroxylation is 1. The number of alkyl halides is 1. The van der Waals surface area contributed by atoms with E-state index < -0.39 is 0 Å². The summed E-state index contributed by atoms with van der Waals surface area (Å²) in [4.78, 5) is 13.3. The van der Waals surface area contributed by atoms with Crippen LogP contribution in [0, 0.1) is 6.92 Å². The van der Waals surface area contributed by atoms with Crippen LogP contribution in [-0.4, -0.2) is 30.3 Å². The smallest absolute Gasteiger partial charge is 0.223 e. The maximum Gasteiger partial charge on any atom is 0.223 e. The summed E-state index contributed by atoms with van der Waals surface area (Å²) in [5.74, 6) is 1.33. The van der Waals surface area contributed by atoms with E-state index in [1.54, 1.807) is 11.9 Å². The Morgan fingerprint density at radius 3 is 2.72 bits per heavy atom. The number of nitrogens with zero attached hydrogens (tertiary/aromatic N) is 1. The lowest BCUT2D eigenvalue weighted by Gasteiger charge is -2.17. The molecular weight excluding hydrogens is 250 g/mol. The van der Waals surface area contributed by atoms with Gasteiger partial charge in [-0.3, -0.25) is 4.79 Å². The van der Waals surface area contributed by atoms with E-state index >= 15 is 0 Å². The molecule has 4 heteroatoms. The molecule has 0 aliphatic heterocycles. The van der Waals surface area contributed by atoms with Gasteiger partial charge >= 0.3 is 0 Å². The summed E-state index contributed by atoms with van der Waals surface area (Å²) in [6.45, 7) is 5.23. The average Bonchev–Trinajstić information content (AvgIpc) is 2.33. The molecule has 0 aliphatic carbocycles. The van der Waals surface area contributed by atoms with Crippen LogP contribution in [0.2, 0.25) is 0 Å². The highest BCUT2D eigenvalue weighted by Crippen LogP contribution is 2.19. The number of benzene rings is 1. The van der Waals surface area contributed by atoms with Crippen molar-refractivity contribution in [2.45, 2.75) is 26.8 Å². The quantitative estimate of drug-likeness (QED) is 0.743. The molecular formula is C14H20ClNO2. The summed E-state index contributed by atoms with van der Waals surface area (Å²) in [5.41, 5.74) is 2.19. The molecule has 0 spiro atoms. The first kappa shape index (κ1) is 14.8. The third-order valence-corrected chi connectivity index (χ3v) is 2.88.